The molecule has 10 heteroatoms. The van der Waals surface area contributed by atoms with E-state index in [4.69, 9.17) is 28.4 Å². The summed E-state index contributed by atoms with van der Waals surface area (Å²) >= 11 is 0. The van der Waals surface area contributed by atoms with E-state index in [0.29, 0.717) is 33.8 Å². The van der Waals surface area contributed by atoms with Crippen molar-refractivity contribution < 1.29 is 48.2 Å². The van der Waals surface area contributed by atoms with Crippen molar-refractivity contribution >= 4 is 11.9 Å². The predicted molar refractivity (Wildman–Crippen MR) is 250 cm³/mol. The topological polar surface area (TPSA) is 130 Å². The van der Waals surface area contributed by atoms with Gasteiger partial charge in [-0.15, -0.1) is 0 Å². The third-order valence-corrected chi connectivity index (χ3v) is 12.0. The maximum Gasteiger partial charge on any atom is 0.344 e. The molecule has 0 amide bonds. The van der Waals surface area contributed by atoms with E-state index in [-0.39, 0.29) is 112 Å². The van der Waals surface area contributed by atoms with Crippen LogP contribution >= 0.6 is 0 Å². The highest BCUT2D eigenvalue weighted by atomic mass is 16.6. The number of cyclic esters (lactones) is 2. The summed E-state index contributed by atoms with van der Waals surface area (Å²) in [6.45, 7) is 26.0. The third-order valence-electron chi connectivity index (χ3n) is 12.0. The molecule has 0 saturated heterocycles. The van der Waals surface area contributed by atoms with Gasteiger partial charge in [0.1, 0.15) is 36.2 Å². The summed E-state index contributed by atoms with van der Waals surface area (Å²) in [6.07, 6.45) is 1.12. The molecule has 1 heterocycles. The summed E-state index contributed by atoms with van der Waals surface area (Å²) in [7, 11) is 0. The summed E-state index contributed by atoms with van der Waals surface area (Å²) in [6, 6.07) is 16.7. The van der Waals surface area contributed by atoms with Gasteiger partial charge in [0, 0.05) is 25.7 Å². The lowest BCUT2D eigenvalue weighted by Crippen LogP contribution is -2.20. The fourth-order valence-electron chi connectivity index (χ4n) is 8.11. The first kappa shape index (κ1) is 48.4. The average Bonchev–Trinajstić information content (AvgIpc) is 3.18. The van der Waals surface area contributed by atoms with Crippen LogP contribution in [0.1, 0.15) is 150 Å². The van der Waals surface area contributed by atoms with Crippen molar-refractivity contribution in [2.45, 2.75) is 130 Å². The zero-order chi connectivity index (χ0) is 46.8. The first-order valence-corrected chi connectivity index (χ1v) is 22.6. The molecule has 1 aliphatic heterocycles. The minimum atomic E-state index is -0.556. The van der Waals surface area contributed by atoms with E-state index in [1.807, 2.05) is 0 Å². The van der Waals surface area contributed by atoms with Gasteiger partial charge < -0.3 is 38.6 Å². The predicted octanol–water partition coefficient (Wildman–Crippen LogP) is 9.86. The number of aromatic hydroxyl groups is 2. The van der Waals surface area contributed by atoms with Crippen molar-refractivity contribution in [3.05, 3.63) is 115 Å². The minimum absolute atomic E-state index is 0.0237. The van der Waals surface area contributed by atoms with E-state index in [1.165, 1.54) is 0 Å². The maximum atomic E-state index is 13.3. The Hall–Kier alpha value is -5.06. The number of phenolic OH excluding ortho intramolecular Hbond substituents is 2. The van der Waals surface area contributed by atoms with Crippen LogP contribution in [-0.4, -0.2) is 75.0 Å². The fourth-order valence-corrected chi connectivity index (χ4v) is 8.11. The van der Waals surface area contributed by atoms with Crippen LogP contribution in [0, 0.1) is 0 Å². The molecule has 0 radical (unpaired) electrons. The number of phenols is 2. The summed E-state index contributed by atoms with van der Waals surface area (Å²) in [4.78, 5) is 26.6. The van der Waals surface area contributed by atoms with Gasteiger partial charge in [-0.25, -0.2) is 9.59 Å². The molecule has 0 unspecified atom stereocenters. The Labute approximate surface area is 380 Å². The highest BCUT2D eigenvalue weighted by Crippen LogP contribution is 2.44. The molecule has 0 aromatic heterocycles. The van der Waals surface area contributed by atoms with Crippen molar-refractivity contribution in [2.24, 2.45) is 0 Å². The van der Waals surface area contributed by atoms with Crippen molar-refractivity contribution in [1.82, 2.24) is 0 Å². The number of esters is 2. The normalized spacial score (nSPS) is 16.6. The van der Waals surface area contributed by atoms with E-state index >= 15 is 0 Å². The number of carbonyl (C=O) groups is 2. The van der Waals surface area contributed by atoms with Crippen LogP contribution in [0.4, 0.5) is 0 Å². The molecule has 0 spiro atoms. The zero-order valence-corrected chi connectivity index (χ0v) is 40.3. The quantitative estimate of drug-likeness (QED) is 0.145. The van der Waals surface area contributed by atoms with E-state index in [1.54, 1.807) is 0 Å². The third kappa shape index (κ3) is 12.0. The molecule has 64 heavy (non-hydrogen) atoms. The largest absolute Gasteiger partial charge is 0.507 e. The molecule has 0 saturated carbocycles. The first-order valence-electron chi connectivity index (χ1n) is 22.6. The molecule has 4 aromatic carbocycles. The van der Waals surface area contributed by atoms with Crippen molar-refractivity contribution in [3.63, 3.8) is 0 Å². The van der Waals surface area contributed by atoms with Crippen molar-refractivity contribution in [2.75, 3.05) is 52.9 Å². The SMILES string of the molecule is CC(C)(C)c1cc2c(O)c(c1)Cc1cc(C(C)(C)C)cc3c1OCC(=O)OCCOCCOCCOC(=O)COc1c(cc(C(C)(C)C)cc1Cc1cc(C(C)(C)C)cc(c1O)C3)C2. The average molecular weight is 879 g/mol. The highest BCUT2D eigenvalue weighted by molar-refractivity contribution is 5.72. The molecule has 6 rings (SSSR count). The maximum absolute atomic E-state index is 13.3. The van der Waals surface area contributed by atoms with E-state index in [9.17, 15) is 19.8 Å². The molecule has 0 fully saturated rings. The Kier molecular flexibility index (Phi) is 14.5. The summed E-state index contributed by atoms with van der Waals surface area (Å²) in [5.74, 6) is 0.179. The Morgan fingerprint density at radius 3 is 0.844 bits per heavy atom. The van der Waals surface area contributed by atoms with E-state index in [2.05, 4.69) is 132 Å². The van der Waals surface area contributed by atoms with Gasteiger partial charge in [0.15, 0.2) is 13.2 Å². The van der Waals surface area contributed by atoms with Gasteiger partial charge in [0.2, 0.25) is 0 Å². The lowest BCUT2D eigenvalue weighted by atomic mass is 9.79. The van der Waals surface area contributed by atoms with E-state index < -0.39 is 11.9 Å². The van der Waals surface area contributed by atoms with Crippen LogP contribution in [0.25, 0.3) is 0 Å². The van der Waals surface area contributed by atoms with Crippen molar-refractivity contribution in [1.29, 1.82) is 0 Å². The highest BCUT2D eigenvalue weighted by Gasteiger charge is 2.29. The Balaban J connectivity index is 1.70. The summed E-state index contributed by atoms with van der Waals surface area (Å²) in [5.41, 5.74) is 8.93. The number of rotatable bonds is 0. The summed E-state index contributed by atoms with van der Waals surface area (Å²) < 4.78 is 35.4. The van der Waals surface area contributed by atoms with Crippen molar-refractivity contribution in [3.8, 4) is 23.0 Å². The molecule has 4 aromatic rings. The number of ether oxygens (including phenoxy) is 6. The fraction of sp³-hybridized carbons (Fsp3) is 0.519. The van der Waals surface area contributed by atoms with Crippen LogP contribution in [-0.2, 0) is 75.9 Å². The van der Waals surface area contributed by atoms with Gasteiger partial charge in [0.05, 0.1) is 26.4 Å². The van der Waals surface area contributed by atoms with E-state index in [0.717, 1.165) is 44.5 Å². The molecule has 1 aliphatic carbocycles. The van der Waals surface area contributed by atoms with Gasteiger partial charge >= 0.3 is 11.9 Å². The standard InChI is InChI=1S/C54H70O10/c1-51(2,3)41-23-33-19-37-27-43(53(7,8)9)29-39-21-35-25-42(52(4,5)6)26-36(48(35)58)22-40-30-44(54(10,11)12)28-38(20-34(24-41)47(33)57)50(40)64-32-46(56)62-18-16-60-14-13-59-15-17-61-45(55)31-63-49(37)39/h23-30,57-58H,13-22,31-32H2,1-12H3. The molecular formula is C54H70O10. The number of benzene rings is 4. The Morgan fingerprint density at radius 1 is 0.359 bits per heavy atom. The molecule has 0 atom stereocenters. The van der Waals surface area contributed by atoms with Gasteiger partial charge in [-0.05, 0) is 88.4 Å². The molecule has 10 nitrogen and oxygen atoms in total. The minimum Gasteiger partial charge on any atom is -0.507 e. The second-order valence-electron chi connectivity index (χ2n) is 21.5. The van der Waals surface area contributed by atoms with Gasteiger partial charge in [0.25, 0.3) is 0 Å². The van der Waals surface area contributed by atoms with Gasteiger partial charge in [-0.2, -0.15) is 0 Å². The Morgan fingerprint density at radius 2 is 0.594 bits per heavy atom. The molecular weight excluding hydrogens is 809 g/mol. The summed E-state index contributed by atoms with van der Waals surface area (Å²) in [5, 5.41) is 25.0. The van der Waals surface area contributed by atoms with Crippen LogP contribution in [0.2, 0.25) is 0 Å². The number of carbonyl (C=O) groups excluding carboxylic acids is 2. The Bertz CT molecular complexity index is 2080. The number of hydrogen-bond acceptors (Lipinski definition) is 10. The monoisotopic (exact) mass is 878 g/mol. The number of hydrogen-bond donors (Lipinski definition) is 2. The van der Waals surface area contributed by atoms with Gasteiger partial charge in [-0.1, -0.05) is 132 Å². The molecule has 346 valence electrons. The lowest BCUT2D eigenvalue weighted by molar-refractivity contribution is -0.149. The smallest absolute Gasteiger partial charge is 0.344 e. The lowest BCUT2D eigenvalue weighted by Gasteiger charge is -2.28. The molecule has 2 N–H and O–H groups in total. The molecule has 2 aliphatic rings. The van der Waals surface area contributed by atoms with Crippen LogP contribution < -0.4 is 9.47 Å². The zero-order valence-electron chi connectivity index (χ0n) is 40.3. The second-order valence-corrected chi connectivity index (χ2v) is 21.5. The van der Waals surface area contributed by atoms with Crippen LogP contribution in [0.5, 0.6) is 23.0 Å². The van der Waals surface area contributed by atoms with Crippen LogP contribution in [0.3, 0.4) is 0 Å². The van der Waals surface area contributed by atoms with Crippen LogP contribution in [0.15, 0.2) is 48.5 Å². The second kappa shape index (κ2) is 19.2. The number of fused-ring (bicyclic) bond motifs is 2. The van der Waals surface area contributed by atoms with Gasteiger partial charge in [-0.3, -0.25) is 0 Å². The molecule has 10 bridgehead atoms. The first-order chi connectivity index (χ1) is 29.9.